The fourth-order valence-corrected chi connectivity index (χ4v) is 4.77. The summed E-state index contributed by atoms with van der Waals surface area (Å²) in [5, 5.41) is 6.80. The molecule has 5 rings (SSSR count). The summed E-state index contributed by atoms with van der Waals surface area (Å²) >= 11 is 0. The first-order chi connectivity index (χ1) is 18.1. The molecule has 37 heavy (non-hydrogen) atoms. The van der Waals surface area contributed by atoms with Gasteiger partial charge in [0.25, 0.3) is 0 Å². The number of nitrogens with one attached hydrogen (secondary N) is 3. The highest BCUT2D eigenvalue weighted by Gasteiger charge is 2.21. The van der Waals surface area contributed by atoms with Crippen LogP contribution in [0.15, 0.2) is 73.4 Å². The molecule has 1 amide bonds. The lowest BCUT2D eigenvalue weighted by atomic mass is 9.98. The first kappa shape index (κ1) is 24.5. The maximum absolute atomic E-state index is 11.6. The Balaban J connectivity index is 1.28. The molecular formula is C29H32N6O2. The lowest BCUT2D eigenvalue weighted by Crippen LogP contribution is -2.21. The topological polar surface area (TPSA) is 95.2 Å². The average Bonchev–Trinajstić information content (AvgIpc) is 3.55. The molecule has 1 saturated heterocycles. The second-order valence-electron chi connectivity index (χ2n) is 9.40. The number of fused-ring (bicyclic) bond motifs is 1. The SMILES string of the molecule is C=CC(=O)Nc1cccc(Oc2nc(Nc3ccc(C[C@H]4CCN(CCC)C4)cc3)nc3[nH]ccc23)c1. The molecule has 190 valence electrons. The predicted molar refractivity (Wildman–Crippen MR) is 147 cm³/mol. The van der Waals surface area contributed by atoms with Crippen molar-refractivity contribution in [3.63, 3.8) is 0 Å². The van der Waals surface area contributed by atoms with Gasteiger partial charge in [-0.15, -0.1) is 0 Å². The fourth-order valence-electron chi connectivity index (χ4n) is 4.77. The average molecular weight is 497 g/mol. The number of carbonyl (C=O) groups excluding carboxylic acids is 1. The molecule has 2 aromatic heterocycles. The van der Waals surface area contributed by atoms with E-state index in [0.717, 1.165) is 23.4 Å². The molecule has 3 heterocycles. The summed E-state index contributed by atoms with van der Waals surface area (Å²) in [5.74, 6) is 1.83. The van der Waals surface area contributed by atoms with Gasteiger partial charge in [0.1, 0.15) is 11.4 Å². The Labute approximate surface area is 216 Å². The van der Waals surface area contributed by atoms with E-state index in [2.05, 4.69) is 68.3 Å². The Morgan fingerprint density at radius 2 is 2.05 bits per heavy atom. The monoisotopic (exact) mass is 496 g/mol. The number of rotatable bonds is 10. The quantitative estimate of drug-likeness (QED) is 0.237. The molecule has 2 aromatic carbocycles. The molecule has 3 N–H and O–H groups in total. The molecule has 8 nitrogen and oxygen atoms in total. The maximum atomic E-state index is 11.6. The first-order valence-electron chi connectivity index (χ1n) is 12.7. The van der Waals surface area contributed by atoms with E-state index in [-0.39, 0.29) is 5.91 Å². The maximum Gasteiger partial charge on any atom is 0.247 e. The summed E-state index contributed by atoms with van der Waals surface area (Å²) in [5.41, 5.74) is 3.53. The van der Waals surface area contributed by atoms with Crippen LogP contribution in [0.3, 0.4) is 0 Å². The Hall–Kier alpha value is -4.17. The van der Waals surface area contributed by atoms with Gasteiger partial charge in [-0.25, -0.2) is 0 Å². The molecular weight excluding hydrogens is 464 g/mol. The van der Waals surface area contributed by atoms with E-state index < -0.39 is 0 Å². The van der Waals surface area contributed by atoms with Crippen molar-refractivity contribution in [2.24, 2.45) is 5.92 Å². The summed E-state index contributed by atoms with van der Waals surface area (Å²) in [4.78, 5) is 26.6. The third kappa shape index (κ3) is 6.16. The van der Waals surface area contributed by atoms with Crippen molar-refractivity contribution >= 4 is 34.3 Å². The molecule has 4 aromatic rings. The zero-order valence-electron chi connectivity index (χ0n) is 21.0. The molecule has 1 aliphatic rings. The van der Waals surface area contributed by atoms with E-state index in [1.165, 1.54) is 44.1 Å². The van der Waals surface area contributed by atoms with Crippen LogP contribution in [0.1, 0.15) is 25.3 Å². The van der Waals surface area contributed by atoms with Crippen molar-refractivity contribution in [3.05, 3.63) is 79.0 Å². The second kappa shape index (κ2) is 11.3. The Morgan fingerprint density at radius 1 is 1.19 bits per heavy atom. The highest BCUT2D eigenvalue weighted by atomic mass is 16.5. The summed E-state index contributed by atoms with van der Waals surface area (Å²) in [6.07, 6.45) is 6.63. The highest BCUT2D eigenvalue weighted by Crippen LogP contribution is 2.30. The molecule has 0 saturated carbocycles. The van der Waals surface area contributed by atoms with Crippen molar-refractivity contribution in [2.75, 3.05) is 30.3 Å². The van der Waals surface area contributed by atoms with Crippen LogP contribution in [-0.2, 0) is 11.2 Å². The normalized spacial score (nSPS) is 15.5. The molecule has 1 aliphatic heterocycles. The van der Waals surface area contributed by atoms with Gasteiger partial charge in [0.15, 0.2) is 0 Å². The van der Waals surface area contributed by atoms with Gasteiger partial charge in [0.2, 0.25) is 17.7 Å². The number of benzene rings is 2. The molecule has 0 radical (unpaired) electrons. The number of amides is 1. The summed E-state index contributed by atoms with van der Waals surface area (Å²) in [6.45, 7) is 9.35. The Bertz CT molecular complexity index is 1380. The van der Waals surface area contributed by atoms with Crippen LogP contribution in [0, 0.1) is 5.92 Å². The number of nitrogens with zero attached hydrogens (tertiary/aromatic N) is 3. The number of likely N-dealkylation sites (tertiary alicyclic amines) is 1. The summed E-state index contributed by atoms with van der Waals surface area (Å²) < 4.78 is 6.11. The number of H-pyrrole nitrogens is 1. The van der Waals surface area contributed by atoms with Crippen molar-refractivity contribution in [2.45, 2.75) is 26.2 Å². The van der Waals surface area contributed by atoms with Crippen molar-refractivity contribution < 1.29 is 9.53 Å². The van der Waals surface area contributed by atoms with Gasteiger partial charge in [0.05, 0.1) is 5.39 Å². The second-order valence-corrected chi connectivity index (χ2v) is 9.40. The van der Waals surface area contributed by atoms with E-state index in [1.54, 1.807) is 24.4 Å². The van der Waals surface area contributed by atoms with Crippen LogP contribution in [-0.4, -0.2) is 45.4 Å². The zero-order valence-corrected chi connectivity index (χ0v) is 21.0. The third-order valence-corrected chi connectivity index (χ3v) is 6.53. The minimum atomic E-state index is -0.286. The van der Waals surface area contributed by atoms with Gasteiger partial charge in [-0.3, -0.25) is 4.79 Å². The van der Waals surface area contributed by atoms with E-state index >= 15 is 0 Å². The molecule has 0 spiro atoms. The van der Waals surface area contributed by atoms with Crippen molar-refractivity contribution in [3.8, 4) is 11.6 Å². The molecule has 0 bridgehead atoms. The predicted octanol–water partition coefficient (Wildman–Crippen LogP) is 5.89. The van der Waals surface area contributed by atoms with Crippen LogP contribution in [0.2, 0.25) is 0 Å². The third-order valence-electron chi connectivity index (χ3n) is 6.53. The van der Waals surface area contributed by atoms with Gasteiger partial charge >= 0.3 is 0 Å². The molecule has 0 aliphatic carbocycles. The van der Waals surface area contributed by atoms with Crippen molar-refractivity contribution in [1.29, 1.82) is 0 Å². The molecule has 1 fully saturated rings. The van der Waals surface area contributed by atoms with Gasteiger partial charge in [-0.2, -0.15) is 9.97 Å². The minimum Gasteiger partial charge on any atom is -0.438 e. The lowest BCUT2D eigenvalue weighted by Gasteiger charge is -2.15. The number of ether oxygens (including phenoxy) is 1. The first-order valence-corrected chi connectivity index (χ1v) is 12.7. The number of anilines is 3. The smallest absolute Gasteiger partial charge is 0.247 e. The lowest BCUT2D eigenvalue weighted by molar-refractivity contribution is -0.111. The summed E-state index contributed by atoms with van der Waals surface area (Å²) in [6, 6.07) is 17.5. The minimum absolute atomic E-state index is 0.286. The largest absolute Gasteiger partial charge is 0.438 e. The Kier molecular flexibility index (Phi) is 7.46. The van der Waals surface area contributed by atoms with Gasteiger partial charge in [-0.05, 0) is 80.2 Å². The van der Waals surface area contributed by atoms with Crippen molar-refractivity contribution in [1.82, 2.24) is 19.9 Å². The number of hydrogen-bond acceptors (Lipinski definition) is 6. The van der Waals surface area contributed by atoms with Crippen LogP contribution < -0.4 is 15.4 Å². The standard InChI is InChI=1S/C29H32N6O2/c1-3-15-35-16-13-21(19-35)17-20-8-10-22(11-9-20)32-29-33-27-25(12-14-30-27)28(34-29)37-24-7-5-6-23(18-24)31-26(36)4-2/h4-12,14,18,21H,2-3,13,15-17,19H2,1H3,(H,31,36)(H2,30,32,33,34)/t21-/m1/s1. The number of carbonyl (C=O) groups is 1. The van der Waals surface area contributed by atoms with Gasteiger partial charge in [-0.1, -0.05) is 31.7 Å². The van der Waals surface area contributed by atoms with Gasteiger partial charge in [0, 0.05) is 30.2 Å². The fraction of sp³-hybridized carbons (Fsp3) is 0.276. The highest BCUT2D eigenvalue weighted by molar-refractivity contribution is 5.99. The zero-order chi connectivity index (χ0) is 25.6. The van der Waals surface area contributed by atoms with E-state index in [1.807, 2.05) is 12.1 Å². The molecule has 1 atom stereocenters. The van der Waals surface area contributed by atoms with Crippen LogP contribution in [0.25, 0.3) is 11.0 Å². The van der Waals surface area contributed by atoms with Crippen LogP contribution in [0.4, 0.5) is 17.3 Å². The molecule has 8 heteroatoms. The number of hydrogen-bond donors (Lipinski definition) is 3. The summed E-state index contributed by atoms with van der Waals surface area (Å²) in [7, 11) is 0. The number of aromatic nitrogens is 3. The Morgan fingerprint density at radius 3 is 2.86 bits per heavy atom. The van der Waals surface area contributed by atoms with E-state index in [0.29, 0.717) is 28.9 Å². The number of aromatic amines is 1. The van der Waals surface area contributed by atoms with E-state index in [9.17, 15) is 4.79 Å². The molecule has 0 unspecified atom stereocenters. The van der Waals surface area contributed by atoms with Crippen LogP contribution >= 0.6 is 0 Å². The van der Waals surface area contributed by atoms with E-state index in [4.69, 9.17) is 4.74 Å². The van der Waals surface area contributed by atoms with Crippen LogP contribution in [0.5, 0.6) is 11.6 Å². The van der Waals surface area contributed by atoms with Gasteiger partial charge < -0.3 is 25.3 Å².